The van der Waals surface area contributed by atoms with Crippen LogP contribution in [0.3, 0.4) is 0 Å². The second kappa shape index (κ2) is 4.64. The minimum Gasteiger partial charge on any atom is -0.299 e. The SMILES string of the molecule is CCC(=O)C(C)c1ncncc1I. The largest absolute Gasteiger partial charge is 0.299 e. The summed E-state index contributed by atoms with van der Waals surface area (Å²) in [5.41, 5.74) is 0.836. The molecule has 0 radical (unpaired) electrons. The second-order valence-electron chi connectivity index (χ2n) is 2.80. The van der Waals surface area contributed by atoms with E-state index in [4.69, 9.17) is 0 Å². The molecule has 0 aliphatic rings. The molecule has 0 aromatic carbocycles. The van der Waals surface area contributed by atoms with E-state index in [1.165, 1.54) is 6.33 Å². The number of rotatable bonds is 3. The number of hydrogen-bond donors (Lipinski definition) is 0. The molecule has 1 unspecified atom stereocenters. The highest BCUT2D eigenvalue weighted by Crippen LogP contribution is 2.19. The quantitative estimate of drug-likeness (QED) is 0.801. The molecule has 1 aromatic heterocycles. The Bertz CT molecular complexity index is 314. The van der Waals surface area contributed by atoms with Crippen LogP contribution in [0.4, 0.5) is 0 Å². The topological polar surface area (TPSA) is 42.9 Å². The van der Waals surface area contributed by atoms with Crippen molar-refractivity contribution in [1.29, 1.82) is 0 Å². The molecular formula is C9H11IN2O. The standard InChI is InChI=1S/C9H11IN2O/c1-3-8(13)6(2)9-7(10)4-11-5-12-9/h4-6H,3H2,1-2H3. The molecule has 0 aliphatic heterocycles. The molecule has 1 aromatic rings. The fourth-order valence-corrected chi connectivity index (χ4v) is 1.87. The summed E-state index contributed by atoms with van der Waals surface area (Å²) in [5.74, 6) is 0.108. The number of Topliss-reactive ketones (excluding diaryl/α,β-unsaturated/α-hetero) is 1. The number of aromatic nitrogens is 2. The Kier molecular flexibility index (Phi) is 3.77. The van der Waals surface area contributed by atoms with Gasteiger partial charge in [0.15, 0.2) is 0 Å². The van der Waals surface area contributed by atoms with Crippen LogP contribution in [0.15, 0.2) is 12.5 Å². The molecule has 4 heteroatoms. The molecule has 3 nitrogen and oxygen atoms in total. The Morgan fingerprint density at radius 1 is 1.69 bits per heavy atom. The van der Waals surface area contributed by atoms with Crippen molar-refractivity contribution in [3.8, 4) is 0 Å². The van der Waals surface area contributed by atoms with Crippen molar-refractivity contribution in [3.05, 3.63) is 21.8 Å². The Balaban J connectivity index is 2.95. The van der Waals surface area contributed by atoms with Crippen LogP contribution in [0.1, 0.15) is 31.9 Å². The number of carbonyl (C=O) groups excluding carboxylic acids is 1. The van der Waals surface area contributed by atoms with E-state index in [-0.39, 0.29) is 11.7 Å². The summed E-state index contributed by atoms with van der Waals surface area (Å²) in [6.07, 6.45) is 3.76. The lowest BCUT2D eigenvalue weighted by molar-refractivity contribution is -0.119. The number of nitrogens with zero attached hydrogens (tertiary/aromatic N) is 2. The van der Waals surface area contributed by atoms with Gasteiger partial charge >= 0.3 is 0 Å². The number of hydrogen-bond acceptors (Lipinski definition) is 3. The molecule has 0 saturated carbocycles. The fourth-order valence-electron chi connectivity index (χ4n) is 1.10. The van der Waals surface area contributed by atoms with Gasteiger partial charge in [-0.1, -0.05) is 6.92 Å². The first kappa shape index (κ1) is 10.6. The van der Waals surface area contributed by atoms with E-state index in [0.717, 1.165) is 9.26 Å². The monoisotopic (exact) mass is 290 g/mol. The van der Waals surface area contributed by atoms with E-state index in [2.05, 4.69) is 32.6 Å². The normalized spacial score (nSPS) is 12.5. The van der Waals surface area contributed by atoms with Crippen LogP contribution < -0.4 is 0 Å². The fraction of sp³-hybridized carbons (Fsp3) is 0.444. The highest BCUT2D eigenvalue weighted by Gasteiger charge is 2.16. The first-order chi connectivity index (χ1) is 6.16. The molecule has 0 spiro atoms. The van der Waals surface area contributed by atoms with E-state index in [0.29, 0.717) is 6.42 Å². The average molecular weight is 290 g/mol. The minimum atomic E-state index is -0.111. The Morgan fingerprint density at radius 3 is 2.92 bits per heavy atom. The highest BCUT2D eigenvalue weighted by molar-refractivity contribution is 14.1. The van der Waals surface area contributed by atoms with E-state index in [9.17, 15) is 4.79 Å². The van der Waals surface area contributed by atoms with Crippen molar-refractivity contribution in [2.24, 2.45) is 0 Å². The second-order valence-corrected chi connectivity index (χ2v) is 3.96. The van der Waals surface area contributed by atoms with Crippen LogP contribution >= 0.6 is 22.6 Å². The van der Waals surface area contributed by atoms with Crippen LogP contribution in [-0.4, -0.2) is 15.8 Å². The maximum atomic E-state index is 11.4. The van der Waals surface area contributed by atoms with Gasteiger partial charge in [-0.25, -0.2) is 9.97 Å². The van der Waals surface area contributed by atoms with Gasteiger partial charge in [-0.05, 0) is 29.5 Å². The molecule has 1 atom stereocenters. The van der Waals surface area contributed by atoms with Gasteiger partial charge in [0.25, 0.3) is 0 Å². The zero-order valence-electron chi connectivity index (χ0n) is 7.62. The van der Waals surface area contributed by atoms with Crippen molar-refractivity contribution in [1.82, 2.24) is 9.97 Å². The molecule has 0 amide bonds. The average Bonchev–Trinajstić information content (AvgIpc) is 2.16. The smallest absolute Gasteiger partial charge is 0.141 e. The van der Waals surface area contributed by atoms with Gasteiger partial charge in [-0.3, -0.25) is 4.79 Å². The Labute approximate surface area is 91.1 Å². The van der Waals surface area contributed by atoms with Gasteiger partial charge in [0.2, 0.25) is 0 Å². The molecule has 1 heterocycles. The Hall–Kier alpha value is -0.520. The van der Waals surface area contributed by atoms with Gasteiger partial charge < -0.3 is 0 Å². The molecular weight excluding hydrogens is 279 g/mol. The van der Waals surface area contributed by atoms with Crippen LogP contribution in [0.2, 0.25) is 0 Å². The van der Waals surface area contributed by atoms with Crippen LogP contribution in [0.25, 0.3) is 0 Å². The van der Waals surface area contributed by atoms with Crippen molar-refractivity contribution < 1.29 is 4.79 Å². The molecule has 1 rings (SSSR count). The number of carbonyl (C=O) groups is 1. The third-order valence-corrected chi connectivity index (χ3v) is 2.77. The highest BCUT2D eigenvalue weighted by atomic mass is 127. The number of halogens is 1. The Morgan fingerprint density at radius 2 is 2.38 bits per heavy atom. The molecule has 0 aliphatic carbocycles. The predicted molar refractivity (Wildman–Crippen MR) is 58.5 cm³/mol. The first-order valence-electron chi connectivity index (χ1n) is 4.15. The lowest BCUT2D eigenvalue weighted by atomic mass is 10.0. The first-order valence-corrected chi connectivity index (χ1v) is 5.22. The van der Waals surface area contributed by atoms with E-state index >= 15 is 0 Å². The van der Waals surface area contributed by atoms with E-state index < -0.39 is 0 Å². The summed E-state index contributed by atoms with van der Waals surface area (Å²) in [4.78, 5) is 19.4. The van der Waals surface area contributed by atoms with Crippen LogP contribution in [0, 0.1) is 3.57 Å². The summed E-state index contributed by atoms with van der Waals surface area (Å²) in [6.45, 7) is 3.75. The molecule has 0 saturated heterocycles. The van der Waals surface area contributed by atoms with Crippen LogP contribution in [0.5, 0.6) is 0 Å². The van der Waals surface area contributed by atoms with Gasteiger partial charge in [0.05, 0.1) is 15.2 Å². The van der Waals surface area contributed by atoms with E-state index in [1.807, 2.05) is 13.8 Å². The molecule has 13 heavy (non-hydrogen) atoms. The summed E-state index contributed by atoms with van der Waals surface area (Å²) in [7, 11) is 0. The van der Waals surface area contributed by atoms with Crippen LogP contribution in [-0.2, 0) is 4.79 Å². The van der Waals surface area contributed by atoms with Gasteiger partial charge in [0, 0.05) is 12.6 Å². The number of ketones is 1. The zero-order valence-corrected chi connectivity index (χ0v) is 9.78. The summed E-state index contributed by atoms with van der Waals surface area (Å²) in [5, 5.41) is 0. The third kappa shape index (κ3) is 2.46. The molecule has 0 N–H and O–H groups in total. The van der Waals surface area contributed by atoms with Crippen molar-refractivity contribution in [3.63, 3.8) is 0 Å². The zero-order chi connectivity index (χ0) is 9.84. The predicted octanol–water partition coefficient (Wildman–Crippen LogP) is 2.16. The molecule has 0 fully saturated rings. The maximum absolute atomic E-state index is 11.4. The molecule has 0 bridgehead atoms. The van der Waals surface area contributed by atoms with Crippen molar-refractivity contribution >= 4 is 28.4 Å². The minimum absolute atomic E-state index is 0.111. The van der Waals surface area contributed by atoms with Gasteiger partial charge in [0.1, 0.15) is 12.1 Å². The van der Waals surface area contributed by atoms with Gasteiger partial charge in [-0.15, -0.1) is 0 Å². The van der Waals surface area contributed by atoms with Crippen molar-refractivity contribution in [2.75, 3.05) is 0 Å². The lowest BCUT2D eigenvalue weighted by Gasteiger charge is -2.09. The summed E-state index contributed by atoms with van der Waals surface area (Å²) < 4.78 is 0.953. The summed E-state index contributed by atoms with van der Waals surface area (Å²) in [6, 6.07) is 0. The van der Waals surface area contributed by atoms with E-state index in [1.54, 1.807) is 6.20 Å². The summed E-state index contributed by atoms with van der Waals surface area (Å²) >= 11 is 2.15. The lowest BCUT2D eigenvalue weighted by Crippen LogP contribution is -2.11. The van der Waals surface area contributed by atoms with Crippen molar-refractivity contribution in [2.45, 2.75) is 26.2 Å². The van der Waals surface area contributed by atoms with Gasteiger partial charge in [-0.2, -0.15) is 0 Å². The molecule has 70 valence electrons. The maximum Gasteiger partial charge on any atom is 0.141 e. The third-order valence-electron chi connectivity index (χ3n) is 1.94.